The molecule has 4 nitrogen and oxygen atoms in total. The molecule has 4 heteroatoms. The Kier molecular flexibility index (Phi) is 5.21. The van der Waals surface area contributed by atoms with Gasteiger partial charge in [-0.2, -0.15) is 0 Å². The SMILES string of the molecule is COc1cccc(CCC(=O)NC[C@H]2CCOC2)c1. The molecule has 1 aliphatic rings. The van der Waals surface area contributed by atoms with E-state index in [1.54, 1.807) is 7.11 Å². The van der Waals surface area contributed by atoms with Gasteiger partial charge in [0.05, 0.1) is 13.7 Å². The Balaban J connectivity index is 1.70. The largest absolute Gasteiger partial charge is 0.497 e. The number of aryl methyl sites for hydroxylation is 1. The van der Waals surface area contributed by atoms with Gasteiger partial charge in [0.2, 0.25) is 5.91 Å². The fourth-order valence-corrected chi connectivity index (χ4v) is 2.18. The zero-order valence-electron chi connectivity index (χ0n) is 11.4. The lowest BCUT2D eigenvalue weighted by molar-refractivity contribution is -0.121. The van der Waals surface area contributed by atoms with Crippen LogP contribution < -0.4 is 10.1 Å². The van der Waals surface area contributed by atoms with Crippen LogP contribution in [-0.4, -0.2) is 32.8 Å². The van der Waals surface area contributed by atoms with E-state index in [1.165, 1.54) is 0 Å². The molecule has 0 aromatic heterocycles. The van der Waals surface area contributed by atoms with Gasteiger partial charge in [-0.15, -0.1) is 0 Å². The topological polar surface area (TPSA) is 47.6 Å². The molecule has 1 saturated heterocycles. The van der Waals surface area contributed by atoms with E-state index in [1.807, 2.05) is 24.3 Å². The van der Waals surface area contributed by atoms with Crippen molar-refractivity contribution in [2.24, 2.45) is 5.92 Å². The van der Waals surface area contributed by atoms with Gasteiger partial charge in [0.1, 0.15) is 5.75 Å². The molecular weight excluding hydrogens is 242 g/mol. The maximum Gasteiger partial charge on any atom is 0.220 e. The van der Waals surface area contributed by atoms with Crippen molar-refractivity contribution >= 4 is 5.91 Å². The first-order valence-corrected chi connectivity index (χ1v) is 6.75. The van der Waals surface area contributed by atoms with Gasteiger partial charge in [-0.25, -0.2) is 0 Å². The predicted octanol–water partition coefficient (Wildman–Crippen LogP) is 1.78. The summed E-state index contributed by atoms with van der Waals surface area (Å²) in [5.41, 5.74) is 1.12. The monoisotopic (exact) mass is 263 g/mol. The third-order valence-electron chi connectivity index (χ3n) is 3.39. The van der Waals surface area contributed by atoms with Crippen LogP contribution in [0.15, 0.2) is 24.3 Å². The second-order valence-corrected chi connectivity index (χ2v) is 4.89. The average molecular weight is 263 g/mol. The van der Waals surface area contributed by atoms with Gasteiger partial charge in [-0.1, -0.05) is 12.1 Å². The molecule has 1 aliphatic heterocycles. The fraction of sp³-hybridized carbons (Fsp3) is 0.533. The van der Waals surface area contributed by atoms with Crippen LogP contribution in [0.1, 0.15) is 18.4 Å². The minimum atomic E-state index is 0.106. The minimum Gasteiger partial charge on any atom is -0.497 e. The summed E-state index contributed by atoms with van der Waals surface area (Å²) in [6.45, 7) is 2.33. The standard InChI is InChI=1S/C15H21NO3/c1-18-14-4-2-3-12(9-14)5-6-15(17)16-10-13-7-8-19-11-13/h2-4,9,13H,5-8,10-11H2,1H3,(H,16,17)/t13-/m1/s1. The van der Waals surface area contributed by atoms with Crippen molar-refractivity contribution in [2.75, 3.05) is 26.9 Å². The van der Waals surface area contributed by atoms with E-state index in [-0.39, 0.29) is 5.91 Å². The first kappa shape index (κ1) is 13.9. The Morgan fingerprint density at radius 2 is 2.42 bits per heavy atom. The number of nitrogens with one attached hydrogen (secondary N) is 1. The van der Waals surface area contributed by atoms with Gasteiger partial charge >= 0.3 is 0 Å². The molecule has 1 N–H and O–H groups in total. The number of ether oxygens (including phenoxy) is 2. The summed E-state index contributed by atoms with van der Waals surface area (Å²) >= 11 is 0. The van der Waals surface area contributed by atoms with Gasteiger partial charge in [0, 0.05) is 25.5 Å². The molecule has 1 amide bonds. The summed E-state index contributed by atoms with van der Waals surface area (Å²) < 4.78 is 10.4. The van der Waals surface area contributed by atoms with Crippen molar-refractivity contribution in [3.63, 3.8) is 0 Å². The summed E-state index contributed by atoms with van der Waals surface area (Å²) in [4.78, 5) is 11.7. The number of benzene rings is 1. The van der Waals surface area contributed by atoms with Crippen LogP contribution in [-0.2, 0) is 16.0 Å². The average Bonchev–Trinajstić information content (AvgIpc) is 2.96. The Bertz CT molecular complexity index is 414. The Hall–Kier alpha value is -1.55. The molecule has 0 unspecified atom stereocenters. The molecule has 1 heterocycles. The second kappa shape index (κ2) is 7.14. The number of amides is 1. The smallest absolute Gasteiger partial charge is 0.220 e. The van der Waals surface area contributed by atoms with Crippen molar-refractivity contribution < 1.29 is 14.3 Å². The highest BCUT2D eigenvalue weighted by Gasteiger charge is 2.16. The molecule has 0 spiro atoms. The van der Waals surface area contributed by atoms with Crippen LogP contribution in [0.5, 0.6) is 5.75 Å². The van der Waals surface area contributed by atoms with E-state index in [2.05, 4.69) is 5.32 Å². The number of carbonyl (C=O) groups excluding carboxylic acids is 1. The molecule has 1 aromatic rings. The van der Waals surface area contributed by atoms with Crippen LogP contribution >= 0.6 is 0 Å². The second-order valence-electron chi connectivity index (χ2n) is 4.89. The number of hydrogen-bond acceptors (Lipinski definition) is 3. The molecule has 0 aliphatic carbocycles. The van der Waals surface area contributed by atoms with Gasteiger partial charge in [0.25, 0.3) is 0 Å². The quantitative estimate of drug-likeness (QED) is 0.851. The van der Waals surface area contributed by atoms with E-state index in [4.69, 9.17) is 9.47 Å². The lowest BCUT2D eigenvalue weighted by Crippen LogP contribution is -2.29. The van der Waals surface area contributed by atoms with Crippen LogP contribution in [0.2, 0.25) is 0 Å². The number of methoxy groups -OCH3 is 1. The minimum absolute atomic E-state index is 0.106. The Labute approximate surface area is 114 Å². The zero-order valence-corrected chi connectivity index (χ0v) is 11.4. The van der Waals surface area contributed by atoms with Crippen LogP contribution in [0.4, 0.5) is 0 Å². The molecule has 104 valence electrons. The zero-order chi connectivity index (χ0) is 13.5. The summed E-state index contributed by atoms with van der Waals surface area (Å²) in [5, 5.41) is 2.97. The van der Waals surface area contributed by atoms with E-state index >= 15 is 0 Å². The Morgan fingerprint density at radius 3 is 3.16 bits per heavy atom. The van der Waals surface area contributed by atoms with Crippen molar-refractivity contribution in [2.45, 2.75) is 19.3 Å². The van der Waals surface area contributed by atoms with E-state index in [0.29, 0.717) is 12.3 Å². The van der Waals surface area contributed by atoms with Crippen LogP contribution in [0, 0.1) is 5.92 Å². The van der Waals surface area contributed by atoms with Crippen molar-refractivity contribution in [1.29, 1.82) is 0 Å². The highest BCUT2D eigenvalue weighted by molar-refractivity contribution is 5.76. The summed E-state index contributed by atoms with van der Waals surface area (Å²) in [5.74, 6) is 1.43. The van der Waals surface area contributed by atoms with Gasteiger partial charge in [-0.05, 0) is 30.5 Å². The summed E-state index contributed by atoms with van der Waals surface area (Å²) in [7, 11) is 1.65. The van der Waals surface area contributed by atoms with Crippen molar-refractivity contribution in [1.82, 2.24) is 5.32 Å². The van der Waals surface area contributed by atoms with Crippen molar-refractivity contribution in [3.05, 3.63) is 29.8 Å². The Morgan fingerprint density at radius 1 is 1.53 bits per heavy atom. The molecule has 1 atom stereocenters. The molecule has 0 saturated carbocycles. The molecule has 0 bridgehead atoms. The third kappa shape index (κ3) is 4.56. The summed E-state index contributed by atoms with van der Waals surface area (Å²) in [6.07, 6.45) is 2.31. The normalized spacial score (nSPS) is 18.3. The molecule has 1 aromatic carbocycles. The number of carbonyl (C=O) groups is 1. The highest BCUT2D eigenvalue weighted by atomic mass is 16.5. The van der Waals surface area contributed by atoms with E-state index in [9.17, 15) is 4.79 Å². The number of rotatable bonds is 6. The third-order valence-corrected chi connectivity index (χ3v) is 3.39. The molecule has 0 radical (unpaired) electrons. The lowest BCUT2D eigenvalue weighted by Gasteiger charge is -2.09. The fourth-order valence-electron chi connectivity index (χ4n) is 2.18. The van der Waals surface area contributed by atoms with Crippen LogP contribution in [0.3, 0.4) is 0 Å². The van der Waals surface area contributed by atoms with Gasteiger partial charge < -0.3 is 14.8 Å². The summed E-state index contributed by atoms with van der Waals surface area (Å²) in [6, 6.07) is 7.84. The van der Waals surface area contributed by atoms with Crippen LogP contribution in [0.25, 0.3) is 0 Å². The predicted molar refractivity (Wildman–Crippen MR) is 73.3 cm³/mol. The van der Waals surface area contributed by atoms with E-state index in [0.717, 1.165) is 43.9 Å². The molecule has 1 fully saturated rings. The number of hydrogen-bond donors (Lipinski definition) is 1. The lowest BCUT2D eigenvalue weighted by atomic mass is 10.1. The maximum absolute atomic E-state index is 11.7. The molecule has 2 rings (SSSR count). The first-order chi connectivity index (χ1) is 9.28. The van der Waals surface area contributed by atoms with Gasteiger partial charge in [-0.3, -0.25) is 4.79 Å². The van der Waals surface area contributed by atoms with E-state index < -0.39 is 0 Å². The molecular formula is C15H21NO3. The van der Waals surface area contributed by atoms with Gasteiger partial charge in [0.15, 0.2) is 0 Å². The molecule has 19 heavy (non-hydrogen) atoms. The van der Waals surface area contributed by atoms with Crippen molar-refractivity contribution in [3.8, 4) is 5.75 Å². The highest BCUT2D eigenvalue weighted by Crippen LogP contribution is 2.14. The maximum atomic E-state index is 11.7. The first-order valence-electron chi connectivity index (χ1n) is 6.75.